The fourth-order valence-corrected chi connectivity index (χ4v) is 0.965. The molecule has 0 saturated carbocycles. The van der Waals surface area contributed by atoms with E-state index in [4.69, 9.17) is 0 Å². The van der Waals surface area contributed by atoms with Crippen molar-refractivity contribution in [1.82, 2.24) is 10.6 Å². The van der Waals surface area contributed by atoms with Gasteiger partial charge in [-0.15, -0.1) is 0 Å². The molecule has 0 heterocycles. The summed E-state index contributed by atoms with van der Waals surface area (Å²) in [5, 5.41) is 6.59. The van der Waals surface area contributed by atoms with Crippen LogP contribution in [0, 0.1) is 0 Å². The van der Waals surface area contributed by atoms with Crippen molar-refractivity contribution in [2.24, 2.45) is 0 Å². The Balaban J connectivity index is 2.89. The third-order valence-corrected chi connectivity index (χ3v) is 2.91. The molecule has 62 valence electrons. The highest BCUT2D eigenvalue weighted by Crippen LogP contribution is 1.99. The number of nitrogens with one attached hydrogen (secondary N) is 2. The summed E-state index contributed by atoms with van der Waals surface area (Å²) in [4.78, 5) is 0. The van der Waals surface area contributed by atoms with Crippen molar-refractivity contribution < 1.29 is 0 Å². The summed E-state index contributed by atoms with van der Waals surface area (Å²) in [5.41, 5.74) is 0.943. The van der Waals surface area contributed by atoms with Crippen molar-refractivity contribution >= 4 is 10.2 Å². The lowest BCUT2D eigenvalue weighted by atomic mass is 10.3. The molecule has 0 aromatic rings. The molecule has 10 heavy (non-hydrogen) atoms. The molecule has 2 nitrogen and oxygen atoms in total. The maximum Gasteiger partial charge on any atom is 0.0454 e. The molecule has 0 aliphatic heterocycles. The van der Waals surface area contributed by atoms with E-state index in [1.165, 1.54) is 23.2 Å². The minimum atomic E-state index is 0.943. The van der Waals surface area contributed by atoms with Gasteiger partial charge in [0.1, 0.15) is 0 Å². The predicted octanol–water partition coefficient (Wildman–Crippen LogP) is -0.293. The van der Waals surface area contributed by atoms with Crippen molar-refractivity contribution in [3.8, 4) is 0 Å². The van der Waals surface area contributed by atoms with Gasteiger partial charge in [-0.25, -0.2) is 0 Å². The van der Waals surface area contributed by atoms with Gasteiger partial charge in [-0.2, -0.15) is 0 Å². The maximum absolute atomic E-state index is 3.36. The molecule has 0 saturated heterocycles. The first-order chi connectivity index (χ1) is 4.81. The first kappa shape index (κ1) is 10.1. The van der Waals surface area contributed by atoms with Crippen LogP contribution in [0.2, 0.25) is 5.54 Å². The fourth-order valence-electron chi connectivity index (χ4n) is 0.676. The minimum Gasteiger partial charge on any atom is -0.305 e. The Bertz CT molecular complexity index is 68.6. The second-order valence-corrected chi connectivity index (χ2v) is 4.38. The molecule has 0 aliphatic rings. The van der Waals surface area contributed by atoms with Crippen molar-refractivity contribution in [3.05, 3.63) is 0 Å². The lowest BCUT2D eigenvalue weighted by Crippen LogP contribution is -2.30. The number of hydrogen-bond donors (Lipinski definition) is 2. The van der Waals surface area contributed by atoms with E-state index < -0.39 is 0 Å². The molecule has 0 fully saturated rings. The third kappa shape index (κ3) is 6.26. The second-order valence-electron chi connectivity index (χ2n) is 2.75. The molecule has 0 radical (unpaired) electrons. The van der Waals surface area contributed by atoms with E-state index in [2.05, 4.69) is 24.5 Å². The molecule has 3 heteroatoms. The zero-order chi connectivity index (χ0) is 7.82. The molecule has 1 atom stereocenters. The molecule has 0 amide bonds. The van der Waals surface area contributed by atoms with Crippen LogP contribution in [0.1, 0.15) is 20.3 Å². The Morgan fingerprint density at radius 1 is 1.30 bits per heavy atom. The average Bonchev–Trinajstić information content (AvgIpc) is 1.98. The SMILES string of the molecule is CCNCNCC([SiH3])CC. The van der Waals surface area contributed by atoms with E-state index in [1.807, 2.05) is 0 Å². The zero-order valence-corrected chi connectivity index (χ0v) is 9.41. The summed E-state index contributed by atoms with van der Waals surface area (Å²) in [6, 6.07) is 0. The second kappa shape index (κ2) is 7.25. The standard InChI is InChI=1S/C7H20N2Si/c1-3-7(10)5-9-6-8-4-2/h7-9H,3-6H2,1-2,10H3. The van der Waals surface area contributed by atoms with Crippen molar-refractivity contribution in [2.75, 3.05) is 19.8 Å². The van der Waals surface area contributed by atoms with Gasteiger partial charge in [-0.3, -0.25) is 0 Å². The topological polar surface area (TPSA) is 24.1 Å². The van der Waals surface area contributed by atoms with E-state index in [1.54, 1.807) is 0 Å². The smallest absolute Gasteiger partial charge is 0.0454 e. The highest BCUT2D eigenvalue weighted by molar-refractivity contribution is 6.11. The number of hydrogen-bond acceptors (Lipinski definition) is 2. The van der Waals surface area contributed by atoms with Crippen LogP contribution < -0.4 is 10.6 Å². The van der Waals surface area contributed by atoms with Gasteiger partial charge in [-0.05, 0) is 18.6 Å². The lowest BCUT2D eigenvalue weighted by molar-refractivity contribution is 0.578. The van der Waals surface area contributed by atoms with E-state index >= 15 is 0 Å². The first-order valence-electron chi connectivity index (χ1n) is 4.22. The highest BCUT2D eigenvalue weighted by Gasteiger charge is 1.95. The predicted molar refractivity (Wildman–Crippen MR) is 50.5 cm³/mol. The van der Waals surface area contributed by atoms with Gasteiger partial charge in [-0.1, -0.05) is 20.3 Å². The van der Waals surface area contributed by atoms with E-state index in [9.17, 15) is 0 Å². The van der Waals surface area contributed by atoms with Crippen LogP contribution in [0.25, 0.3) is 0 Å². The van der Waals surface area contributed by atoms with Crippen LogP contribution in [-0.4, -0.2) is 30.0 Å². The van der Waals surface area contributed by atoms with Crippen molar-refractivity contribution in [1.29, 1.82) is 0 Å². The Hall–Kier alpha value is 0.137. The minimum absolute atomic E-state index is 0.943. The van der Waals surface area contributed by atoms with Gasteiger partial charge in [0, 0.05) is 16.9 Å². The summed E-state index contributed by atoms with van der Waals surface area (Å²) in [6.07, 6.45) is 1.32. The Kier molecular flexibility index (Phi) is 7.35. The zero-order valence-electron chi connectivity index (χ0n) is 7.41. The van der Waals surface area contributed by atoms with Gasteiger partial charge in [0.15, 0.2) is 0 Å². The molecule has 0 rings (SSSR count). The van der Waals surface area contributed by atoms with Gasteiger partial charge in [0.2, 0.25) is 0 Å². The van der Waals surface area contributed by atoms with Crippen LogP contribution in [0.4, 0.5) is 0 Å². The molecule has 0 spiro atoms. The van der Waals surface area contributed by atoms with Gasteiger partial charge in [0.25, 0.3) is 0 Å². The van der Waals surface area contributed by atoms with Gasteiger partial charge in [0.05, 0.1) is 0 Å². The molecule has 0 aromatic heterocycles. The molecular weight excluding hydrogens is 140 g/mol. The van der Waals surface area contributed by atoms with Crippen LogP contribution >= 0.6 is 0 Å². The van der Waals surface area contributed by atoms with Crippen LogP contribution in [-0.2, 0) is 0 Å². The fraction of sp³-hybridized carbons (Fsp3) is 1.00. The molecule has 0 aromatic carbocycles. The van der Waals surface area contributed by atoms with Crippen LogP contribution in [0.3, 0.4) is 0 Å². The summed E-state index contributed by atoms with van der Waals surface area (Å²) in [7, 11) is 1.32. The summed E-state index contributed by atoms with van der Waals surface area (Å²) in [5.74, 6) is 0. The van der Waals surface area contributed by atoms with Gasteiger partial charge >= 0.3 is 0 Å². The van der Waals surface area contributed by atoms with E-state index in [0.29, 0.717) is 0 Å². The van der Waals surface area contributed by atoms with Gasteiger partial charge < -0.3 is 10.6 Å². The molecule has 0 bridgehead atoms. The highest BCUT2D eigenvalue weighted by atomic mass is 28.1. The normalized spacial score (nSPS) is 13.8. The Morgan fingerprint density at radius 2 is 2.00 bits per heavy atom. The largest absolute Gasteiger partial charge is 0.305 e. The van der Waals surface area contributed by atoms with Crippen molar-refractivity contribution in [3.63, 3.8) is 0 Å². The summed E-state index contributed by atoms with van der Waals surface area (Å²) in [6.45, 7) is 7.60. The third-order valence-electron chi connectivity index (χ3n) is 1.69. The van der Waals surface area contributed by atoms with Crippen LogP contribution in [0.15, 0.2) is 0 Å². The summed E-state index contributed by atoms with van der Waals surface area (Å²) >= 11 is 0. The maximum atomic E-state index is 3.36. The number of rotatable bonds is 6. The summed E-state index contributed by atoms with van der Waals surface area (Å²) < 4.78 is 0. The first-order valence-corrected chi connectivity index (χ1v) is 5.38. The Morgan fingerprint density at radius 3 is 2.50 bits per heavy atom. The molecule has 2 N–H and O–H groups in total. The van der Waals surface area contributed by atoms with E-state index in [-0.39, 0.29) is 0 Å². The Labute approximate surface area is 67.2 Å². The molecule has 1 unspecified atom stereocenters. The average molecular weight is 160 g/mol. The molecule has 0 aliphatic carbocycles. The molecular formula is C7H20N2Si. The quantitative estimate of drug-likeness (QED) is 0.317. The monoisotopic (exact) mass is 160 g/mol. The van der Waals surface area contributed by atoms with E-state index in [0.717, 1.165) is 18.8 Å². The lowest BCUT2D eigenvalue weighted by Gasteiger charge is -2.09. The van der Waals surface area contributed by atoms with Crippen molar-refractivity contribution in [2.45, 2.75) is 25.8 Å². The van der Waals surface area contributed by atoms with Crippen LogP contribution in [0.5, 0.6) is 0 Å².